The van der Waals surface area contributed by atoms with Gasteiger partial charge in [-0.3, -0.25) is 0 Å². The minimum atomic E-state index is 0.236. The Kier molecular flexibility index (Phi) is 5.90. The van der Waals surface area contributed by atoms with E-state index in [1.54, 1.807) is 12.2 Å². The topological polar surface area (TPSA) is 32.7 Å². The quantitative estimate of drug-likeness (QED) is 0.549. The molecule has 1 rings (SSSR count). The van der Waals surface area contributed by atoms with E-state index in [0.29, 0.717) is 0 Å². The standard InChI is InChI=1S/C13H21NO2/c1-3-5-12(4-2)16-13-6-8-14(9-7-13)10-11-15/h3-5,13,15H,1-2,6-11H2/b12-5+. The van der Waals surface area contributed by atoms with E-state index in [1.165, 1.54) is 0 Å². The fourth-order valence-electron chi connectivity index (χ4n) is 1.86. The summed E-state index contributed by atoms with van der Waals surface area (Å²) in [5.41, 5.74) is 0. The van der Waals surface area contributed by atoms with Crippen molar-refractivity contribution in [1.29, 1.82) is 0 Å². The summed E-state index contributed by atoms with van der Waals surface area (Å²) < 4.78 is 5.79. The zero-order chi connectivity index (χ0) is 11.8. The molecule has 3 heteroatoms. The molecule has 0 radical (unpaired) electrons. The molecule has 0 aromatic heterocycles. The Morgan fingerprint density at radius 1 is 1.38 bits per heavy atom. The predicted molar refractivity (Wildman–Crippen MR) is 66.1 cm³/mol. The molecule has 1 aliphatic rings. The van der Waals surface area contributed by atoms with Gasteiger partial charge in [0.05, 0.1) is 6.61 Å². The van der Waals surface area contributed by atoms with Gasteiger partial charge in [-0.2, -0.15) is 0 Å². The van der Waals surface area contributed by atoms with Crippen LogP contribution in [0.5, 0.6) is 0 Å². The number of hydrogen-bond donors (Lipinski definition) is 1. The fraction of sp³-hybridized carbons (Fsp3) is 0.538. The number of nitrogens with zero attached hydrogens (tertiary/aromatic N) is 1. The van der Waals surface area contributed by atoms with Crippen molar-refractivity contribution in [2.24, 2.45) is 0 Å². The highest BCUT2D eigenvalue weighted by atomic mass is 16.5. The van der Waals surface area contributed by atoms with Crippen molar-refractivity contribution in [2.75, 3.05) is 26.2 Å². The molecule has 0 aliphatic carbocycles. The second-order valence-electron chi connectivity index (χ2n) is 3.89. The van der Waals surface area contributed by atoms with Crippen LogP contribution in [0.25, 0.3) is 0 Å². The van der Waals surface area contributed by atoms with Gasteiger partial charge in [-0.25, -0.2) is 0 Å². The highest BCUT2D eigenvalue weighted by molar-refractivity contribution is 5.15. The molecule has 0 aromatic rings. The van der Waals surface area contributed by atoms with Crippen LogP contribution in [0.4, 0.5) is 0 Å². The molecule has 1 N–H and O–H groups in total. The summed E-state index contributed by atoms with van der Waals surface area (Å²) in [7, 11) is 0. The van der Waals surface area contributed by atoms with E-state index in [1.807, 2.05) is 6.08 Å². The number of ether oxygens (including phenoxy) is 1. The number of piperidine rings is 1. The monoisotopic (exact) mass is 223 g/mol. The van der Waals surface area contributed by atoms with Crippen LogP contribution in [0.3, 0.4) is 0 Å². The van der Waals surface area contributed by atoms with Gasteiger partial charge in [0, 0.05) is 19.6 Å². The third-order valence-electron chi connectivity index (χ3n) is 2.74. The van der Waals surface area contributed by atoms with E-state index < -0.39 is 0 Å². The average molecular weight is 223 g/mol. The second kappa shape index (κ2) is 7.25. The smallest absolute Gasteiger partial charge is 0.119 e. The van der Waals surface area contributed by atoms with Gasteiger partial charge in [0.1, 0.15) is 11.9 Å². The lowest BCUT2D eigenvalue weighted by Gasteiger charge is -2.31. The second-order valence-corrected chi connectivity index (χ2v) is 3.89. The summed E-state index contributed by atoms with van der Waals surface area (Å²) in [5.74, 6) is 0.788. The molecule has 0 amide bonds. The van der Waals surface area contributed by atoms with Crippen LogP contribution in [0.1, 0.15) is 12.8 Å². The van der Waals surface area contributed by atoms with Gasteiger partial charge in [0.15, 0.2) is 0 Å². The van der Waals surface area contributed by atoms with Gasteiger partial charge in [-0.1, -0.05) is 19.2 Å². The molecule has 0 saturated carbocycles. The van der Waals surface area contributed by atoms with E-state index in [-0.39, 0.29) is 12.7 Å². The molecule has 1 aliphatic heterocycles. The zero-order valence-electron chi connectivity index (χ0n) is 9.77. The maximum Gasteiger partial charge on any atom is 0.119 e. The van der Waals surface area contributed by atoms with Gasteiger partial charge < -0.3 is 14.7 Å². The van der Waals surface area contributed by atoms with Gasteiger partial charge in [-0.05, 0) is 25.0 Å². The lowest BCUT2D eigenvalue weighted by Crippen LogP contribution is -2.38. The lowest BCUT2D eigenvalue weighted by atomic mass is 10.1. The largest absolute Gasteiger partial charge is 0.490 e. The molecule has 1 heterocycles. The van der Waals surface area contributed by atoms with Crippen LogP contribution in [0.15, 0.2) is 37.1 Å². The molecule has 1 saturated heterocycles. The Balaban J connectivity index is 2.33. The summed E-state index contributed by atoms with van der Waals surface area (Å²) in [6.45, 7) is 10.3. The number of likely N-dealkylation sites (tertiary alicyclic amines) is 1. The van der Waals surface area contributed by atoms with E-state index in [9.17, 15) is 0 Å². The molecular formula is C13H21NO2. The Morgan fingerprint density at radius 3 is 2.56 bits per heavy atom. The van der Waals surface area contributed by atoms with Crippen LogP contribution in [-0.2, 0) is 4.74 Å². The number of aliphatic hydroxyl groups is 1. The van der Waals surface area contributed by atoms with Crippen LogP contribution in [0.2, 0.25) is 0 Å². The molecule has 0 unspecified atom stereocenters. The summed E-state index contributed by atoms with van der Waals surface area (Å²) in [5, 5.41) is 8.83. The minimum absolute atomic E-state index is 0.236. The molecule has 90 valence electrons. The first kappa shape index (κ1) is 13.0. The number of rotatable bonds is 6. The third kappa shape index (κ3) is 4.21. The Hall–Kier alpha value is -1.06. The summed E-state index contributed by atoms with van der Waals surface area (Å²) >= 11 is 0. The van der Waals surface area contributed by atoms with E-state index in [2.05, 4.69) is 18.1 Å². The zero-order valence-corrected chi connectivity index (χ0v) is 9.77. The van der Waals surface area contributed by atoms with Crippen molar-refractivity contribution in [3.63, 3.8) is 0 Å². The van der Waals surface area contributed by atoms with Gasteiger partial charge >= 0.3 is 0 Å². The molecule has 16 heavy (non-hydrogen) atoms. The van der Waals surface area contributed by atoms with Gasteiger partial charge in [0.25, 0.3) is 0 Å². The highest BCUT2D eigenvalue weighted by Gasteiger charge is 2.19. The number of allylic oxidation sites excluding steroid dienone is 3. The van der Waals surface area contributed by atoms with E-state index >= 15 is 0 Å². The van der Waals surface area contributed by atoms with Gasteiger partial charge in [-0.15, -0.1) is 0 Å². The van der Waals surface area contributed by atoms with Crippen LogP contribution in [0, 0.1) is 0 Å². The molecule has 0 bridgehead atoms. The van der Waals surface area contributed by atoms with Crippen LogP contribution in [-0.4, -0.2) is 42.4 Å². The van der Waals surface area contributed by atoms with E-state index in [4.69, 9.17) is 9.84 Å². The minimum Gasteiger partial charge on any atom is -0.490 e. The maximum absolute atomic E-state index is 8.83. The Bertz CT molecular complexity index is 253. The van der Waals surface area contributed by atoms with Crippen molar-refractivity contribution in [3.05, 3.63) is 37.1 Å². The Labute approximate surface area is 97.7 Å². The van der Waals surface area contributed by atoms with Gasteiger partial charge in [0.2, 0.25) is 0 Å². The SMILES string of the molecule is C=C/C=C(\C=C)OC1CCN(CCO)CC1. The normalized spacial score (nSPS) is 19.4. The number of hydrogen-bond acceptors (Lipinski definition) is 3. The summed E-state index contributed by atoms with van der Waals surface area (Å²) in [6.07, 6.45) is 7.51. The molecule has 0 atom stereocenters. The lowest BCUT2D eigenvalue weighted by molar-refractivity contribution is 0.0499. The molecule has 0 aromatic carbocycles. The summed E-state index contributed by atoms with van der Waals surface area (Å²) in [4.78, 5) is 2.25. The van der Waals surface area contributed by atoms with Crippen LogP contribution < -0.4 is 0 Å². The first-order valence-corrected chi connectivity index (χ1v) is 5.75. The maximum atomic E-state index is 8.83. The van der Waals surface area contributed by atoms with E-state index in [0.717, 1.165) is 38.2 Å². The number of β-amino-alcohol motifs (C(OH)–C–C–N with tert-alkyl or cyclic N) is 1. The predicted octanol–water partition coefficient (Wildman–Crippen LogP) is 1.72. The third-order valence-corrected chi connectivity index (χ3v) is 2.74. The Morgan fingerprint density at radius 2 is 2.06 bits per heavy atom. The van der Waals surface area contributed by atoms with Crippen molar-refractivity contribution < 1.29 is 9.84 Å². The van der Waals surface area contributed by atoms with Crippen molar-refractivity contribution in [2.45, 2.75) is 18.9 Å². The summed E-state index contributed by atoms with van der Waals surface area (Å²) in [6, 6.07) is 0. The highest BCUT2D eigenvalue weighted by Crippen LogP contribution is 2.16. The first-order valence-electron chi connectivity index (χ1n) is 5.75. The fourth-order valence-corrected chi connectivity index (χ4v) is 1.86. The van der Waals surface area contributed by atoms with Crippen molar-refractivity contribution >= 4 is 0 Å². The number of aliphatic hydroxyl groups excluding tert-OH is 1. The molecule has 0 spiro atoms. The average Bonchev–Trinajstić information content (AvgIpc) is 2.31. The van der Waals surface area contributed by atoms with Crippen molar-refractivity contribution in [3.8, 4) is 0 Å². The molecule has 1 fully saturated rings. The first-order chi connectivity index (χ1) is 7.80. The van der Waals surface area contributed by atoms with Crippen LogP contribution >= 0.6 is 0 Å². The van der Waals surface area contributed by atoms with Crippen molar-refractivity contribution in [1.82, 2.24) is 4.90 Å². The molecular weight excluding hydrogens is 202 g/mol. The molecule has 3 nitrogen and oxygen atoms in total.